The summed E-state index contributed by atoms with van der Waals surface area (Å²) in [5, 5.41) is 17.0. The molecule has 7 nitrogen and oxygen atoms in total. The molecule has 3 rings (SSSR count). The summed E-state index contributed by atoms with van der Waals surface area (Å²) in [6, 6.07) is 5.36. The molecule has 2 N–H and O–H groups in total. The van der Waals surface area contributed by atoms with E-state index in [0.29, 0.717) is 29.8 Å². The van der Waals surface area contributed by atoms with E-state index in [1.54, 1.807) is 24.7 Å². The summed E-state index contributed by atoms with van der Waals surface area (Å²) in [7, 11) is 0. The number of aryl methyl sites for hydroxylation is 1. The van der Waals surface area contributed by atoms with Crippen molar-refractivity contribution in [1.82, 2.24) is 20.1 Å². The SMILES string of the molecule is CC(=O)c1c(C)nn(CC(=O)N[C@H](c2ccccn2)C2CC(O)C2)c1C. The van der Waals surface area contributed by atoms with Crippen LogP contribution in [0.5, 0.6) is 0 Å². The van der Waals surface area contributed by atoms with Gasteiger partial charge in [-0.25, -0.2) is 0 Å². The average molecular weight is 356 g/mol. The van der Waals surface area contributed by atoms with Crippen molar-refractivity contribution in [3.63, 3.8) is 0 Å². The molecule has 2 heterocycles. The molecule has 0 aromatic carbocycles. The van der Waals surface area contributed by atoms with E-state index in [9.17, 15) is 14.7 Å². The van der Waals surface area contributed by atoms with Crippen molar-refractivity contribution in [1.29, 1.82) is 0 Å². The average Bonchev–Trinajstić information content (AvgIpc) is 2.84. The van der Waals surface area contributed by atoms with Crippen LogP contribution in [-0.2, 0) is 11.3 Å². The van der Waals surface area contributed by atoms with Gasteiger partial charge in [-0.3, -0.25) is 19.3 Å². The van der Waals surface area contributed by atoms with Crippen molar-refractivity contribution in [3.8, 4) is 0 Å². The van der Waals surface area contributed by atoms with Crippen LogP contribution in [0.2, 0.25) is 0 Å². The maximum absolute atomic E-state index is 12.6. The second-order valence-electron chi connectivity index (χ2n) is 6.94. The van der Waals surface area contributed by atoms with Gasteiger partial charge in [0.05, 0.1) is 29.1 Å². The Labute approximate surface area is 152 Å². The molecule has 0 saturated heterocycles. The van der Waals surface area contributed by atoms with Crippen LogP contribution in [0.4, 0.5) is 0 Å². The number of aliphatic hydroxyl groups is 1. The van der Waals surface area contributed by atoms with Crippen molar-refractivity contribution < 1.29 is 14.7 Å². The van der Waals surface area contributed by atoms with E-state index in [1.807, 2.05) is 18.2 Å². The minimum absolute atomic E-state index is 0.0402. The largest absolute Gasteiger partial charge is 0.393 e. The lowest BCUT2D eigenvalue weighted by Gasteiger charge is -2.37. The molecule has 0 unspecified atom stereocenters. The van der Waals surface area contributed by atoms with Gasteiger partial charge in [-0.05, 0) is 51.7 Å². The van der Waals surface area contributed by atoms with Crippen LogP contribution in [-0.4, -0.2) is 37.7 Å². The first-order chi connectivity index (χ1) is 12.4. The molecule has 1 amide bonds. The fourth-order valence-electron chi connectivity index (χ4n) is 3.61. The van der Waals surface area contributed by atoms with Gasteiger partial charge in [-0.2, -0.15) is 5.10 Å². The van der Waals surface area contributed by atoms with E-state index < -0.39 is 0 Å². The maximum Gasteiger partial charge on any atom is 0.242 e. The van der Waals surface area contributed by atoms with Crippen LogP contribution in [0.1, 0.15) is 53.2 Å². The third kappa shape index (κ3) is 3.67. The molecule has 1 saturated carbocycles. The van der Waals surface area contributed by atoms with Crippen LogP contribution in [0.15, 0.2) is 24.4 Å². The predicted molar refractivity (Wildman–Crippen MR) is 95.6 cm³/mol. The topological polar surface area (TPSA) is 97.1 Å². The van der Waals surface area contributed by atoms with Crippen LogP contribution < -0.4 is 5.32 Å². The number of carbonyl (C=O) groups excluding carboxylic acids is 2. The van der Waals surface area contributed by atoms with Gasteiger partial charge in [0.2, 0.25) is 5.91 Å². The Morgan fingerprint density at radius 1 is 1.35 bits per heavy atom. The summed E-state index contributed by atoms with van der Waals surface area (Å²) in [6.45, 7) is 5.10. The molecule has 0 aliphatic heterocycles. The lowest BCUT2D eigenvalue weighted by Crippen LogP contribution is -2.42. The molecule has 1 fully saturated rings. The van der Waals surface area contributed by atoms with Crippen molar-refractivity contribution in [2.75, 3.05) is 0 Å². The summed E-state index contributed by atoms with van der Waals surface area (Å²) < 4.78 is 1.56. The van der Waals surface area contributed by atoms with Gasteiger partial charge in [-0.1, -0.05) is 6.07 Å². The highest BCUT2D eigenvalue weighted by Gasteiger charge is 2.36. The summed E-state index contributed by atoms with van der Waals surface area (Å²) in [6.07, 6.45) is 2.69. The zero-order valence-corrected chi connectivity index (χ0v) is 15.3. The van der Waals surface area contributed by atoms with Gasteiger partial charge in [0.1, 0.15) is 6.54 Å². The first-order valence-electron chi connectivity index (χ1n) is 8.80. The molecule has 2 aromatic heterocycles. The lowest BCUT2D eigenvalue weighted by atomic mass is 9.76. The number of aromatic nitrogens is 3. The molecule has 1 atom stereocenters. The molecular weight excluding hydrogens is 332 g/mol. The van der Waals surface area contributed by atoms with Gasteiger partial charge in [0.25, 0.3) is 0 Å². The first-order valence-corrected chi connectivity index (χ1v) is 8.80. The second kappa shape index (κ2) is 7.37. The van der Waals surface area contributed by atoms with Crippen LogP contribution in [0.25, 0.3) is 0 Å². The van der Waals surface area contributed by atoms with E-state index in [1.165, 1.54) is 6.92 Å². The van der Waals surface area contributed by atoms with Crippen LogP contribution in [0.3, 0.4) is 0 Å². The van der Waals surface area contributed by atoms with E-state index in [-0.39, 0.29) is 36.3 Å². The fourth-order valence-corrected chi connectivity index (χ4v) is 3.61. The first kappa shape index (κ1) is 18.3. The zero-order chi connectivity index (χ0) is 18.8. The number of Topliss-reactive ketones (excluding diaryl/α,β-unsaturated/α-hetero) is 1. The number of ketones is 1. The highest BCUT2D eigenvalue weighted by Crippen LogP contribution is 2.37. The molecule has 2 aromatic rings. The summed E-state index contributed by atoms with van der Waals surface area (Å²) in [5.74, 6) is -0.0821. The number of carbonyl (C=O) groups is 2. The quantitative estimate of drug-likeness (QED) is 0.768. The van der Waals surface area contributed by atoms with Crippen LogP contribution >= 0.6 is 0 Å². The molecule has 0 radical (unpaired) electrons. The number of rotatable bonds is 6. The lowest BCUT2D eigenvalue weighted by molar-refractivity contribution is -0.123. The normalized spacial score (nSPS) is 20.3. The molecule has 0 spiro atoms. The third-order valence-electron chi connectivity index (χ3n) is 4.97. The number of aliphatic hydroxyl groups excluding tert-OH is 1. The minimum atomic E-state index is -0.308. The number of nitrogens with zero attached hydrogens (tertiary/aromatic N) is 3. The van der Waals surface area contributed by atoms with Gasteiger partial charge < -0.3 is 10.4 Å². The molecule has 7 heteroatoms. The summed E-state index contributed by atoms with van der Waals surface area (Å²) in [5.41, 5.74) is 2.68. The maximum atomic E-state index is 12.6. The molecular formula is C19H24N4O3. The predicted octanol–water partition coefficient (Wildman–Crippen LogP) is 1.73. The van der Waals surface area contributed by atoms with E-state index >= 15 is 0 Å². The van der Waals surface area contributed by atoms with Crippen molar-refractivity contribution in [2.45, 2.75) is 52.3 Å². The van der Waals surface area contributed by atoms with Gasteiger partial charge in [0, 0.05) is 11.9 Å². The van der Waals surface area contributed by atoms with Gasteiger partial charge in [0.15, 0.2) is 5.78 Å². The van der Waals surface area contributed by atoms with E-state index in [2.05, 4.69) is 15.4 Å². The zero-order valence-electron chi connectivity index (χ0n) is 15.3. The van der Waals surface area contributed by atoms with Crippen LogP contribution in [0, 0.1) is 19.8 Å². The molecule has 1 aliphatic carbocycles. The van der Waals surface area contributed by atoms with Crippen molar-refractivity contribution in [2.24, 2.45) is 5.92 Å². The van der Waals surface area contributed by atoms with Gasteiger partial charge in [-0.15, -0.1) is 0 Å². The molecule has 138 valence electrons. The molecule has 26 heavy (non-hydrogen) atoms. The molecule has 0 bridgehead atoms. The van der Waals surface area contributed by atoms with Crippen molar-refractivity contribution >= 4 is 11.7 Å². The number of hydrogen-bond donors (Lipinski definition) is 2. The Kier molecular flexibility index (Phi) is 5.18. The number of amides is 1. The van der Waals surface area contributed by atoms with E-state index in [0.717, 1.165) is 5.69 Å². The smallest absolute Gasteiger partial charge is 0.242 e. The summed E-state index contributed by atoms with van der Waals surface area (Å²) >= 11 is 0. The second-order valence-corrected chi connectivity index (χ2v) is 6.94. The Morgan fingerprint density at radius 2 is 2.08 bits per heavy atom. The third-order valence-corrected chi connectivity index (χ3v) is 4.97. The number of hydrogen-bond acceptors (Lipinski definition) is 5. The minimum Gasteiger partial charge on any atom is -0.393 e. The Hall–Kier alpha value is -2.54. The molecule has 1 aliphatic rings. The number of pyridine rings is 1. The van der Waals surface area contributed by atoms with E-state index in [4.69, 9.17) is 0 Å². The summed E-state index contributed by atoms with van der Waals surface area (Å²) in [4.78, 5) is 28.7. The Morgan fingerprint density at radius 3 is 2.62 bits per heavy atom. The fraction of sp³-hybridized carbons (Fsp3) is 0.474. The highest BCUT2D eigenvalue weighted by molar-refractivity contribution is 5.96. The Balaban J connectivity index is 1.75. The Bertz CT molecular complexity index is 810. The van der Waals surface area contributed by atoms with Gasteiger partial charge >= 0.3 is 0 Å². The number of nitrogens with one attached hydrogen (secondary N) is 1. The van der Waals surface area contributed by atoms with Crippen molar-refractivity contribution in [3.05, 3.63) is 47.0 Å². The standard InChI is InChI=1S/C19H24N4O3/c1-11-18(13(3)24)12(2)23(22-11)10-17(26)21-19(14-8-15(25)9-14)16-6-4-5-7-20-16/h4-7,14-15,19,25H,8-10H2,1-3H3,(H,21,26)/t14?,15?,19-/m0/s1. The monoisotopic (exact) mass is 356 g/mol. The highest BCUT2D eigenvalue weighted by atomic mass is 16.3.